The van der Waals surface area contributed by atoms with Gasteiger partial charge < -0.3 is 0 Å². The van der Waals surface area contributed by atoms with Gasteiger partial charge >= 0.3 is 0 Å². The van der Waals surface area contributed by atoms with Crippen molar-refractivity contribution in [3.8, 4) is 0 Å². The fourth-order valence-corrected chi connectivity index (χ4v) is 5.77. The Morgan fingerprint density at radius 3 is 2.44 bits per heavy atom. The summed E-state index contributed by atoms with van der Waals surface area (Å²) < 4.78 is 40.6. The molecule has 0 spiro atoms. The van der Waals surface area contributed by atoms with E-state index < -0.39 is 10.0 Å². The molecular formula is C18H20FNO3S2. The first-order valence-electron chi connectivity index (χ1n) is 8.25. The van der Waals surface area contributed by atoms with Crippen molar-refractivity contribution >= 4 is 27.1 Å². The van der Waals surface area contributed by atoms with Crippen LogP contribution in [0.1, 0.15) is 41.4 Å². The van der Waals surface area contributed by atoms with Gasteiger partial charge in [-0.1, -0.05) is 12.1 Å². The van der Waals surface area contributed by atoms with Crippen LogP contribution in [-0.2, 0) is 16.4 Å². The first kappa shape index (κ1) is 18.2. The maximum absolute atomic E-state index is 12.9. The second-order valence-electron chi connectivity index (χ2n) is 6.25. The molecule has 1 heterocycles. The van der Waals surface area contributed by atoms with Gasteiger partial charge in [0.1, 0.15) is 10.0 Å². The van der Waals surface area contributed by atoms with Crippen molar-refractivity contribution in [1.29, 1.82) is 0 Å². The number of nitrogens with zero attached hydrogens (tertiary/aromatic N) is 1. The minimum absolute atomic E-state index is 0.0566. The number of hydrogen-bond acceptors (Lipinski definition) is 4. The average molecular weight is 381 g/mol. The first-order chi connectivity index (χ1) is 11.9. The highest BCUT2D eigenvalue weighted by molar-refractivity contribution is 7.91. The minimum atomic E-state index is -3.57. The smallest absolute Gasteiger partial charge is 0.252 e. The molecule has 0 saturated heterocycles. The average Bonchev–Trinajstić information content (AvgIpc) is 3.26. The number of carbonyl (C=O) groups excluding carboxylic acids is 1. The SMILES string of the molecule is CC(=O)c1ccc(S(=O)(=O)N(CCCc2ccc(F)cc2)C2CC2)s1. The summed E-state index contributed by atoms with van der Waals surface area (Å²) in [4.78, 5) is 11.9. The third kappa shape index (κ3) is 4.34. The highest BCUT2D eigenvalue weighted by Crippen LogP contribution is 2.34. The maximum atomic E-state index is 12.9. The molecule has 1 fully saturated rings. The summed E-state index contributed by atoms with van der Waals surface area (Å²) in [7, 11) is -3.57. The molecule has 0 aliphatic heterocycles. The van der Waals surface area contributed by atoms with Crippen LogP contribution >= 0.6 is 11.3 Å². The van der Waals surface area contributed by atoms with E-state index >= 15 is 0 Å². The second-order valence-corrected chi connectivity index (χ2v) is 9.45. The fourth-order valence-electron chi connectivity index (χ4n) is 2.72. The van der Waals surface area contributed by atoms with Gasteiger partial charge in [0.25, 0.3) is 10.0 Å². The molecule has 1 aliphatic carbocycles. The zero-order valence-electron chi connectivity index (χ0n) is 13.9. The summed E-state index contributed by atoms with van der Waals surface area (Å²) in [6, 6.07) is 9.43. The molecule has 0 radical (unpaired) electrons. The number of ketones is 1. The Hall–Kier alpha value is -1.57. The number of rotatable bonds is 8. The van der Waals surface area contributed by atoms with Gasteiger partial charge in [-0.25, -0.2) is 12.8 Å². The largest absolute Gasteiger partial charge is 0.294 e. The van der Waals surface area contributed by atoms with Crippen LogP contribution in [-0.4, -0.2) is 31.1 Å². The fraction of sp³-hybridized carbons (Fsp3) is 0.389. The number of hydrogen-bond donors (Lipinski definition) is 0. The zero-order chi connectivity index (χ0) is 18.0. The van der Waals surface area contributed by atoms with Gasteiger partial charge in [0, 0.05) is 12.6 Å². The quantitative estimate of drug-likeness (QED) is 0.652. The lowest BCUT2D eigenvalue weighted by molar-refractivity contribution is 0.102. The monoisotopic (exact) mass is 381 g/mol. The second kappa shape index (κ2) is 7.35. The summed E-state index contributed by atoms with van der Waals surface area (Å²) >= 11 is 1.03. The molecule has 1 aromatic carbocycles. The molecule has 0 atom stereocenters. The molecule has 1 aliphatic rings. The van der Waals surface area contributed by atoms with E-state index in [9.17, 15) is 17.6 Å². The number of halogens is 1. The van der Waals surface area contributed by atoms with Gasteiger partial charge in [-0.2, -0.15) is 4.31 Å². The Balaban J connectivity index is 1.69. The third-order valence-electron chi connectivity index (χ3n) is 4.20. The third-order valence-corrected chi connectivity index (χ3v) is 7.81. The van der Waals surface area contributed by atoms with Gasteiger partial charge in [0.2, 0.25) is 0 Å². The lowest BCUT2D eigenvalue weighted by atomic mass is 10.1. The van der Waals surface area contributed by atoms with Crippen molar-refractivity contribution in [2.75, 3.05) is 6.54 Å². The lowest BCUT2D eigenvalue weighted by Gasteiger charge is -2.21. The molecule has 0 bridgehead atoms. The number of thiophene rings is 1. The van der Waals surface area contributed by atoms with E-state index in [1.165, 1.54) is 25.1 Å². The Morgan fingerprint density at radius 1 is 1.20 bits per heavy atom. The first-order valence-corrected chi connectivity index (χ1v) is 10.5. The maximum Gasteiger partial charge on any atom is 0.252 e. The van der Waals surface area contributed by atoms with Crippen LogP contribution in [0.15, 0.2) is 40.6 Å². The van der Waals surface area contributed by atoms with Crippen molar-refractivity contribution in [2.24, 2.45) is 0 Å². The Kier molecular flexibility index (Phi) is 5.36. The van der Waals surface area contributed by atoms with Crippen molar-refractivity contribution in [2.45, 2.75) is 42.9 Å². The van der Waals surface area contributed by atoms with Crippen LogP contribution in [0.2, 0.25) is 0 Å². The minimum Gasteiger partial charge on any atom is -0.294 e. The number of carbonyl (C=O) groups is 1. The number of benzene rings is 1. The van der Waals surface area contributed by atoms with Gasteiger partial charge in [0.15, 0.2) is 5.78 Å². The molecule has 25 heavy (non-hydrogen) atoms. The molecule has 3 rings (SSSR count). The molecule has 1 aromatic heterocycles. The van der Waals surface area contributed by atoms with Crippen molar-refractivity contribution < 1.29 is 17.6 Å². The van der Waals surface area contributed by atoms with E-state index in [1.807, 2.05) is 0 Å². The van der Waals surface area contributed by atoms with Crippen LogP contribution in [0.3, 0.4) is 0 Å². The van der Waals surface area contributed by atoms with E-state index in [1.54, 1.807) is 22.5 Å². The van der Waals surface area contributed by atoms with E-state index in [0.29, 0.717) is 24.3 Å². The van der Waals surface area contributed by atoms with Gasteiger partial charge in [-0.15, -0.1) is 11.3 Å². The summed E-state index contributed by atoms with van der Waals surface area (Å²) in [6.07, 6.45) is 3.12. The molecule has 1 saturated carbocycles. The highest BCUT2D eigenvalue weighted by Gasteiger charge is 2.38. The summed E-state index contributed by atoms with van der Waals surface area (Å²) in [5.41, 5.74) is 0.990. The van der Waals surface area contributed by atoms with Gasteiger partial charge in [0.05, 0.1) is 4.88 Å². The van der Waals surface area contributed by atoms with E-state index in [-0.39, 0.29) is 21.9 Å². The van der Waals surface area contributed by atoms with Crippen LogP contribution in [0.25, 0.3) is 0 Å². The van der Waals surface area contributed by atoms with Gasteiger partial charge in [-0.3, -0.25) is 4.79 Å². The standard InChI is InChI=1S/C18H20FNO3S2/c1-13(21)17-10-11-18(24-17)25(22,23)20(16-8-9-16)12-2-3-14-4-6-15(19)7-5-14/h4-7,10-11,16H,2-3,8-9,12H2,1H3. The van der Waals surface area contributed by atoms with Crippen LogP contribution in [0.5, 0.6) is 0 Å². The molecule has 0 N–H and O–H groups in total. The Morgan fingerprint density at radius 2 is 1.88 bits per heavy atom. The van der Waals surface area contributed by atoms with Gasteiger partial charge in [-0.05, 0) is 62.4 Å². The normalized spacial score (nSPS) is 14.8. The molecule has 7 heteroatoms. The van der Waals surface area contributed by atoms with Crippen LogP contribution < -0.4 is 0 Å². The molecule has 4 nitrogen and oxygen atoms in total. The number of sulfonamides is 1. The van der Waals surface area contributed by atoms with E-state index in [2.05, 4.69) is 0 Å². The summed E-state index contributed by atoms with van der Waals surface area (Å²) in [6.45, 7) is 1.86. The van der Waals surface area contributed by atoms with Crippen molar-refractivity contribution in [1.82, 2.24) is 4.31 Å². The van der Waals surface area contributed by atoms with E-state index in [4.69, 9.17) is 0 Å². The molecule has 0 amide bonds. The lowest BCUT2D eigenvalue weighted by Crippen LogP contribution is -2.33. The predicted octanol–water partition coefficient (Wildman–Crippen LogP) is 3.88. The molecule has 134 valence electrons. The number of aryl methyl sites for hydroxylation is 1. The summed E-state index contributed by atoms with van der Waals surface area (Å²) in [5, 5.41) is 0. The molecule has 2 aromatic rings. The molecule has 0 unspecified atom stereocenters. The number of Topliss-reactive ketones (excluding diaryl/α,β-unsaturated/α-hetero) is 1. The van der Waals surface area contributed by atoms with E-state index in [0.717, 1.165) is 29.7 Å². The van der Waals surface area contributed by atoms with Crippen LogP contribution in [0, 0.1) is 5.82 Å². The topological polar surface area (TPSA) is 54.5 Å². The zero-order valence-corrected chi connectivity index (χ0v) is 15.6. The Bertz CT molecular complexity index is 855. The Labute approximate surface area is 151 Å². The summed E-state index contributed by atoms with van der Waals surface area (Å²) in [5.74, 6) is -0.398. The molecular weight excluding hydrogens is 361 g/mol. The van der Waals surface area contributed by atoms with Crippen LogP contribution in [0.4, 0.5) is 4.39 Å². The predicted molar refractivity (Wildman–Crippen MR) is 96.0 cm³/mol. The highest BCUT2D eigenvalue weighted by atomic mass is 32.2. The van der Waals surface area contributed by atoms with Crippen molar-refractivity contribution in [3.63, 3.8) is 0 Å². The van der Waals surface area contributed by atoms with Crippen molar-refractivity contribution in [3.05, 3.63) is 52.7 Å².